The number of halogens is 2. The van der Waals surface area contributed by atoms with Gasteiger partial charge in [0.05, 0.1) is 13.2 Å². The number of aliphatic hydroxyl groups is 1. The fraction of sp³-hybridized carbons (Fsp3) is 0.200. The Morgan fingerprint density at radius 3 is 2.60 bits per heavy atom. The Bertz CT molecular complexity index is 590. The van der Waals surface area contributed by atoms with E-state index in [0.29, 0.717) is 5.69 Å². The van der Waals surface area contributed by atoms with Gasteiger partial charge in [0, 0.05) is 23.9 Å². The van der Waals surface area contributed by atoms with E-state index in [1.807, 2.05) is 0 Å². The molecule has 1 unspecified atom stereocenters. The SMILES string of the molecule is COc1cc(NCC(O)c2ccccc2F)ccc1F. The van der Waals surface area contributed by atoms with Crippen LogP contribution in [-0.2, 0) is 0 Å². The van der Waals surface area contributed by atoms with E-state index in [0.717, 1.165) is 0 Å². The number of methoxy groups -OCH3 is 1. The summed E-state index contributed by atoms with van der Waals surface area (Å²) in [4.78, 5) is 0. The van der Waals surface area contributed by atoms with E-state index in [1.165, 1.54) is 37.4 Å². The third-order valence-corrected chi connectivity index (χ3v) is 2.91. The quantitative estimate of drug-likeness (QED) is 0.883. The normalized spacial score (nSPS) is 12.0. The van der Waals surface area contributed by atoms with Crippen LogP contribution in [-0.4, -0.2) is 18.8 Å². The van der Waals surface area contributed by atoms with Crippen molar-refractivity contribution in [2.45, 2.75) is 6.10 Å². The molecule has 5 heteroatoms. The van der Waals surface area contributed by atoms with E-state index in [2.05, 4.69) is 5.32 Å². The number of ether oxygens (including phenoxy) is 1. The summed E-state index contributed by atoms with van der Waals surface area (Å²) in [5.74, 6) is -0.818. The molecular formula is C15H15F2NO2. The topological polar surface area (TPSA) is 41.5 Å². The molecule has 2 rings (SSSR count). The van der Waals surface area contributed by atoms with Crippen LogP contribution < -0.4 is 10.1 Å². The van der Waals surface area contributed by atoms with Gasteiger partial charge in [-0.1, -0.05) is 18.2 Å². The molecular weight excluding hydrogens is 264 g/mol. The van der Waals surface area contributed by atoms with Gasteiger partial charge >= 0.3 is 0 Å². The molecule has 2 N–H and O–H groups in total. The lowest BCUT2D eigenvalue weighted by molar-refractivity contribution is 0.186. The van der Waals surface area contributed by atoms with Gasteiger partial charge in [0.25, 0.3) is 0 Å². The zero-order valence-corrected chi connectivity index (χ0v) is 10.9. The molecule has 0 heterocycles. The highest BCUT2D eigenvalue weighted by atomic mass is 19.1. The molecule has 0 saturated heterocycles. The summed E-state index contributed by atoms with van der Waals surface area (Å²) in [5.41, 5.74) is 0.799. The molecule has 2 aromatic rings. The van der Waals surface area contributed by atoms with Gasteiger partial charge < -0.3 is 15.2 Å². The standard InChI is InChI=1S/C15H15F2NO2/c1-20-15-8-10(6-7-13(15)17)18-9-14(19)11-4-2-3-5-12(11)16/h2-8,14,18-19H,9H2,1H3. The fourth-order valence-electron chi connectivity index (χ4n) is 1.84. The number of anilines is 1. The van der Waals surface area contributed by atoms with Crippen molar-refractivity contribution in [1.29, 1.82) is 0 Å². The van der Waals surface area contributed by atoms with Crippen LogP contribution in [0.4, 0.5) is 14.5 Å². The molecule has 0 radical (unpaired) electrons. The number of hydrogen-bond acceptors (Lipinski definition) is 3. The second kappa shape index (κ2) is 6.34. The van der Waals surface area contributed by atoms with Crippen LogP contribution in [0.5, 0.6) is 5.75 Å². The monoisotopic (exact) mass is 279 g/mol. The summed E-state index contributed by atoms with van der Waals surface area (Å²) >= 11 is 0. The van der Waals surface area contributed by atoms with E-state index in [9.17, 15) is 13.9 Å². The van der Waals surface area contributed by atoms with Gasteiger partial charge in [0.2, 0.25) is 0 Å². The van der Waals surface area contributed by atoms with Gasteiger partial charge in [-0.25, -0.2) is 8.78 Å². The van der Waals surface area contributed by atoms with Crippen LogP contribution >= 0.6 is 0 Å². The Morgan fingerprint density at radius 2 is 1.90 bits per heavy atom. The highest BCUT2D eigenvalue weighted by Crippen LogP contribution is 2.23. The fourth-order valence-corrected chi connectivity index (χ4v) is 1.84. The van der Waals surface area contributed by atoms with Crippen molar-refractivity contribution in [2.24, 2.45) is 0 Å². The number of nitrogens with one attached hydrogen (secondary N) is 1. The van der Waals surface area contributed by atoms with Crippen LogP contribution in [0, 0.1) is 11.6 Å². The summed E-state index contributed by atoms with van der Waals surface area (Å²) in [7, 11) is 1.37. The molecule has 2 aromatic carbocycles. The van der Waals surface area contributed by atoms with Crippen molar-refractivity contribution in [3.8, 4) is 5.75 Å². The lowest BCUT2D eigenvalue weighted by Gasteiger charge is -2.14. The molecule has 1 atom stereocenters. The minimum atomic E-state index is -0.993. The summed E-state index contributed by atoms with van der Waals surface area (Å²) in [6.45, 7) is 0.107. The van der Waals surface area contributed by atoms with Crippen LogP contribution in [0.1, 0.15) is 11.7 Å². The molecule has 0 amide bonds. The smallest absolute Gasteiger partial charge is 0.165 e. The van der Waals surface area contributed by atoms with Crippen LogP contribution in [0.15, 0.2) is 42.5 Å². The summed E-state index contributed by atoms with van der Waals surface area (Å²) < 4.78 is 31.6. The highest BCUT2D eigenvalue weighted by molar-refractivity contribution is 5.49. The van der Waals surface area contributed by atoms with Gasteiger partial charge in [-0.2, -0.15) is 0 Å². The summed E-state index contributed by atoms with van der Waals surface area (Å²) in [6, 6.07) is 10.3. The molecule has 0 spiro atoms. The van der Waals surface area contributed by atoms with Gasteiger partial charge in [0.1, 0.15) is 5.82 Å². The third-order valence-electron chi connectivity index (χ3n) is 2.91. The maximum atomic E-state index is 13.5. The highest BCUT2D eigenvalue weighted by Gasteiger charge is 2.12. The Kier molecular flexibility index (Phi) is 4.53. The van der Waals surface area contributed by atoms with E-state index in [-0.39, 0.29) is 17.9 Å². The number of benzene rings is 2. The van der Waals surface area contributed by atoms with Crippen LogP contribution in [0.25, 0.3) is 0 Å². The maximum Gasteiger partial charge on any atom is 0.165 e. The Labute approximate surface area is 115 Å². The van der Waals surface area contributed by atoms with Gasteiger partial charge in [-0.3, -0.25) is 0 Å². The first-order chi connectivity index (χ1) is 9.61. The molecule has 0 bridgehead atoms. The van der Waals surface area contributed by atoms with Gasteiger partial charge in [-0.05, 0) is 18.2 Å². The van der Waals surface area contributed by atoms with E-state index < -0.39 is 17.7 Å². The minimum Gasteiger partial charge on any atom is -0.494 e. The predicted octanol–water partition coefficient (Wildman–Crippen LogP) is 3.12. The zero-order chi connectivity index (χ0) is 14.5. The Morgan fingerprint density at radius 1 is 1.15 bits per heavy atom. The van der Waals surface area contributed by atoms with Gasteiger partial charge in [0.15, 0.2) is 11.6 Å². The average molecular weight is 279 g/mol. The Hall–Kier alpha value is -2.14. The first kappa shape index (κ1) is 14.3. The molecule has 20 heavy (non-hydrogen) atoms. The predicted molar refractivity (Wildman–Crippen MR) is 72.8 cm³/mol. The molecule has 3 nitrogen and oxygen atoms in total. The number of rotatable bonds is 5. The molecule has 0 aliphatic heterocycles. The molecule has 0 aliphatic rings. The van der Waals surface area contributed by atoms with Crippen molar-refractivity contribution in [1.82, 2.24) is 0 Å². The first-order valence-corrected chi connectivity index (χ1v) is 6.11. The number of hydrogen-bond donors (Lipinski definition) is 2. The molecule has 106 valence electrons. The van der Waals surface area contributed by atoms with Crippen molar-refractivity contribution < 1.29 is 18.6 Å². The van der Waals surface area contributed by atoms with Crippen molar-refractivity contribution >= 4 is 5.69 Å². The molecule has 0 saturated carbocycles. The zero-order valence-electron chi connectivity index (χ0n) is 10.9. The lowest BCUT2D eigenvalue weighted by atomic mass is 10.1. The van der Waals surface area contributed by atoms with Crippen molar-refractivity contribution in [3.05, 3.63) is 59.7 Å². The summed E-state index contributed by atoms with van der Waals surface area (Å²) in [6.07, 6.45) is -0.993. The van der Waals surface area contributed by atoms with Crippen LogP contribution in [0.3, 0.4) is 0 Å². The second-order valence-corrected chi connectivity index (χ2v) is 4.27. The van der Waals surface area contributed by atoms with Crippen LogP contribution in [0.2, 0.25) is 0 Å². The van der Waals surface area contributed by atoms with Crippen molar-refractivity contribution in [2.75, 3.05) is 19.0 Å². The second-order valence-electron chi connectivity index (χ2n) is 4.27. The van der Waals surface area contributed by atoms with Gasteiger partial charge in [-0.15, -0.1) is 0 Å². The van der Waals surface area contributed by atoms with E-state index in [1.54, 1.807) is 12.1 Å². The molecule has 0 aromatic heterocycles. The molecule has 0 aliphatic carbocycles. The number of aliphatic hydroxyl groups excluding tert-OH is 1. The third kappa shape index (κ3) is 3.24. The van der Waals surface area contributed by atoms with E-state index >= 15 is 0 Å². The molecule has 0 fully saturated rings. The lowest BCUT2D eigenvalue weighted by Crippen LogP contribution is -2.13. The summed E-state index contributed by atoms with van der Waals surface area (Å²) in [5, 5.41) is 12.8. The Balaban J connectivity index is 2.03. The first-order valence-electron chi connectivity index (χ1n) is 6.11. The van der Waals surface area contributed by atoms with Crippen molar-refractivity contribution in [3.63, 3.8) is 0 Å². The minimum absolute atomic E-state index is 0.107. The van der Waals surface area contributed by atoms with E-state index in [4.69, 9.17) is 4.74 Å². The average Bonchev–Trinajstić information content (AvgIpc) is 2.46. The maximum absolute atomic E-state index is 13.5. The largest absolute Gasteiger partial charge is 0.494 e.